The Kier molecular flexibility index (Phi) is 6.12. The van der Waals surface area contributed by atoms with Crippen LogP contribution in [-0.4, -0.2) is 76.5 Å². The van der Waals surface area contributed by atoms with E-state index in [1.165, 1.54) is 0 Å². The van der Waals surface area contributed by atoms with Gasteiger partial charge in [-0.05, 0) is 32.0 Å². The third kappa shape index (κ3) is 4.57. The molecule has 4 aromatic rings. The van der Waals surface area contributed by atoms with Crippen LogP contribution in [0, 0.1) is 0 Å². The summed E-state index contributed by atoms with van der Waals surface area (Å²) in [6.45, 7) is 8.80. The van der Waals surface area contributed by atoms with Gasteiger partial charge >= 0.3 is 0 Å². The van der Waals surface area contributed by atoms with Gasteiger partial charge in [0.25, 0.3) is 0 Å². The van der Waals surface area contributed by atoms with Crippen LogP contribution < -0.4 is 15.5 Å². The van der Waals surface area contributed by atoms with Crippen LogP contribution in [0.15, 0.2) is 36.8 Å². The molecule has 0 radical (unpaired) electrons. The van der Waals surface area contributed by atoms with Crippen LogP contribution in [0.25, 0.3) is 32.0 Å². The van der Waals surface area contributed by atoms with Gasteiger partial charge in [0.1, 0.15) is 5.82 Å². The summed E-state index contributed by atoms with van der Waals surface area (Å²) >= 11 is 1.69. The van der Waals surface area contributed by atoms with Crippen molar-refractivity contribution in [3.05, 3.63) is 36.8 Å². The molecule has 36 heavy (non-hydrogen) atoms. The molecule has 6 heterocycles. The van der Waals surface area contributed by atoms with E-state index < -0.39 is 0 Å². The maximum Gasteiger partial charge on any atom is 0.219 e. The number of hydrogen-bond acceptors (Lipinski definition) is 11. The summed E-state index contributed by atoms with van der Waals surface area (Å²) in [4.78, 5) is 28.5. The molecule has 2 saturated heterocycles. The van der Waals surface area contributed by atoms with E-state index in [2.05, 4.69) is 51.8 Å². The van der Waals surface area contributed by atoms with E-state index in [9.17, 15) is 0 Å². The Hall–Kier alpha value is -3.41. The summed E-state index contributed by atoms with van der Waals surface area (Å²) in [7, 11) is 0. The molecule has 2 aliphatic heterocycles. The van der Waals surface area contributed by atoms with E-state index in [0.717, 1.165) is 64.0 Å². The Morgan fingerprint density at radius 3 is 2.33 bits per heavy atom. The molecule has 2 N–H and O–H groups in total. The predicted molar refractivity (Wildman–Crippen MR) is 141 cm³/mol. The number of morpholine rings is 2. The fraction of sp³-hybridized carbons (Fsp3) is 0.400. The number of rotatable bonds is 4. The molecular formula is C25H28N8O2S. The Bertz CT molecular complexity index is 1350. The van der Waals surface area contributed by atoms with Crippen LogP contribution in [0.2, 0.25) is 0 Å². The number of nitrogens with zero attached hydrogens (tertiary/aromatic N) is 7. The fourth-order valence-corrected chi connectivity index (χ4v) is 5.82. The number of nitrogens with two attached hydrogens (primary N) is 1. The molecule has 10 nitrogen and oxygen atoms in total. The highest BCUT2D eigenvalue weighted by Crippen LogP contribution is 2.39. The quantitative estimate of drug-likeness (QED) is 0.444. The van der Waals surface area contributed by atoms with Crippen molar-refractivity contribution < 1.29 is 9.47 Å². The van der Waals surface area contributed by atoms with Crippen LogP contribution in [0.1, 0.15) is 13.8 Å². The zero-order valence-corrected chi connectivity index (χ0v) is 21.1. The van der Waals surface area contributed by atoms with Crippen molar-refractivity contribution in [2.45, 2.75) is 26.1 Å². The molecule has 0 spiro atoms. The van der Waals surface area contributed by atoms with E-state index in [1.54, 1.807) is 23.7 Å². The molecule has 186 valence electrons. The van der Waals surface area contributed by atoms with Crippen molar-refractivity contribution in [1.82, 2.24) is 24.9 Å². The lowest BCUT2D eigenvalue weighted by Gasteiger charge is -2.36. The molecule has 2 fully saturated rings. The van der Waals surface area contributed by atoms with Gasteiger partial charge in [0.2, 0.25) is 5.95 Å². The van der Waals surface area contributed by atoms with Crippen molar-refractivity contribution in [2.75, 3.05) is 54.9 Å². The first-order valence-electron chi connectivity index (χ1n) is 12.1. The molecule has 0 aliphatic carbocycles. The molecule has 0 bridgehead atoms. The number of anilines is 3. The summed E-state index contributed by atoms with van der Waals surface area (Å²) in [5.41, 5.74) is 8.36. The highest BCUT2D eigenvalue weighted by molar-refractivity contribution is 7.22. The number of fused-ring (bicyclic) bond motifs is 1. The van der Waals surface area contributed by atoms with Gasteiger partial charge in [0.05, 0.1) is 41.2 Å². The van der Waals surface area contributed by atoms with Crippen molar-refractivity contribution in [3.8, 4) is 21.8 Å². The summed E-state index contributed by atoms with van der Waals surface area (Å²) in [6, 6.07) is 6.34. The third-order valence-electron chi connectivity index (χ3n) is 6.37. The summed E-state index contributed by atoms with van der Waals surface area (Å²) < 4.78 is 12.5. The maximum absolute atomic E-state index is 5.87. The molecule has 11 heteroatoms. The van der Waals surface area contributed by atoms with Gasteiger partial charge in [-0.3, -0.25) is 0 Å². The first-order chi connectivity index (χ1) is 17.5. The summed E-state index contributed by atoms with van der Waals surface area (Å²) in [5, 5.41) is 0. The highest BCUT2D eigenvalue weighted by Gasteiger charge is 2.24. The standard InChI is InChI=1S/C25H28N8O2S/c1-15-13-33(14-16(2)35-15)21-4-3-17(10-27-21)20-9-19-22(36-20)24(32-5-7-34-8-6-32)31-23(30-19)18-11-28-25(26)29-12-18/h3-4,9-12,15-16H,5-8,13-14H2,1-2H3,(H2,26,28,29). The zero-order valence-electron chi connectivity index (χ0n) is 20.3. The topological polar surface area (TPSA) is 115 Å². The predicted octanol–water partition coefficient (Wildman–Crippen LogP) is 3.24. The monoisotopic (exact) mass is 504 g/mol. The van der Waals surface area contributed by atoms with Crippen LogP contribution in [0.4, 0.5) is 17.6 Å². The van der Waals surface area contributed by atoms with Crippen molar-refractivity contribution in [1.29, 1.82) is 0 Å². The average Bonchev–Trinajstić information content (AvgIpc) is 3.33. The number of pyridine rings is 1. The molecular weight excluding hydrogens is 476 g/mol. The van der Waals surface area contributed by atoms with Crippen molar-refractivity contribution >= 4 is 39.1 Å². The molecule has 0 aromatic carbocycles. The Balaban J connectivity index is 1.37. The largest absolute Gasteiger partial charge is 0.378 e. The lowest BCUT2D eigenvalue weighted by Crippen LogP contribution is -2.45. The molecule has 2 aliphatic rings. The Labute approximate surface area is 213 Å². The van der Waals surface area contributed by atoms with Crippen LogP contribution in [0.5, 0.6) is 0 Å². The van der Waals surface area contributed by atoms with E-state index in [1.807, 2.05) is 6.20 Å². The maximum atomic E-state index is 5.87. The SMILES string of the molecule is CC1CN(c2ccc(-c3cc4nc(-c5cnc(N)nc5)nc(N5CCOCC5)c4s3)cn2)CC(C)O1. The highest BCUT2D eigenvalue weighted by atomic mass is 32.1. The number of thiophene rings is 1. The van der Waals surface area contributed by atoms with Gasteiger partial charge < -0.3 is 25.0 Å². The lowest BCUT2D eigenvalue weighted by atomic mass is 10.2. The first-order valence-corrected chi connectivity index (χ1v) is 12.9. The number of aromatic nitrogens is 5. The van der Waals surface area contributed by atoms with Gasteiger partial charge in [0.15, 0.2) is 11.6 Å². The molecule has 0 saturated carbocycles. The number of hydrogen-bond donors (Lipinski definition) is 1. The van der Waals surface area contributed by atoms with Crippen LogP contribution >= 0.6 is 11.3 Å². The van der Waals surface area contributed by atoms with Gasteiger partial charge in [-0.15, -0.1) is 11.3 Å². The lowest BCUT2D eigenvalue weighted by molar-refractivity contribution is -0.00545. The van der Waals surface area contributed by atoms with E-state index in [4.69, 9.17) is 30.2 Å². The van der Waals surface area contributed by atoms with Gasteiger partial charge in [-0.2, -0.15) is 0 Å². The fourth-order valence-electron chi connectivity index (χ4n) is 4.71. The summed E-state index contributed by atoms with van der Waals surface area (Å²) in [5.74, 6) is 2.69. The van der Waals surface area contributed by atoms with E-state index in [0.29, 0.717) is 19.0 Å². The van der Waals surface area contributed by atoms with Crippen molar-refractivity contribution in [2.24, 2.45) is 0 Å². The van der Waals surface area contributed by atoms with E-state index in [-0.39, 0.29) is 18.2 Å². The second-order valence-corrected chi connectivity index (χ2v) is 10.2. The minimum atomic E-state index is 0.190. The Morgan fingerprint density at radius 1 is 0.917 bits per heavy atom. The minimum Gasteiger partial charge on any atom is -0.378 e. The van der Waals surface area contributed by atoms with Crippen LogP contribution in [-0.2, 0) is 9.47 Å². The Morgan fingerprint density at radius 2 is 1.64 bits per heavy atom. The minimum absolute atomic E-state index is 0.190. The smallest absolute Gasteiger partial charge is 0.219 e. The van der Waals surface area contributed by atoms with Crippen LogP contribution in [0.3, 0.4) is 0 Å². The zero-order chi connectivity index (χ0) is 24.6. The third-order valence-corrected chi connectivity index (χ3v) is 7.54. The molecule has 2 unspecified atom stereocenters. The van der Waals surface area contributed by atoms with Gasteiger partial charge in [-0.1, -0.05) is 0 Å². The second kappa shape index (κ2) is 9.57. The van der Waals surface area contributed by atoms with E-state index >= 15 is 0 Å². The summed E-state index contributed by atoms with van der Waals surface area (Å²) in [6.07, 6.45) is 5.65. The van der Waals surface area contributed by atoms with Gasteiger partial charge in [0, 0.05) is 55.2 Å². The average molecular weight is 505 g/mol. The molecule has 6 rings (SSSR count). The molecule has 4 aromatic heterocycles. The molecule has 2 atom stereocenters. The first kappa shape index (κ1) is 23.0. The van der Waals surface area contributed by atoms with Gasteiger partial charge in [-0.25, -0.2) is 24.9 Å². The normalized spacial score (nSPS) is 20.7. The second-order valence-electron chi connectivity index (χ2n) is 9.19. The number of ether oxygens (including phenoxy) is 2. The number of nitrogen functional groups attached to an aromatic ring is 1. The van der Waals surface area contributed by atoms with Crippen molar-refractivity contribution in [3.63, 3.8) is 0 Å². The molecule has 0 amide bonds.